The molecule has 2 heterocycles. The smallest absolute Gasteiger partial charge is 0.229 e. The van der Waals surface area contributed by atoms with Crippen molar-refractivity contribution in [1.82, 2.24) is 19.7 Å². The number of hydrogen-bond donors (Lipinski definition) is 2. The van der Waals surface area contributed by atoms with Gasteiger partial charge in [0, 0.05) is 36.4 Å². The van der Waals surface area contributed by atoms with Crippen molar-refractivity contribution in [3.63, 3.8) is 0 Å². The summed E-state index contributed by atoms with van der Waals surface area (Å²) in [7, 11) is -3.27. The van der Waals surface area contributed by atoms with Crippen molar-refractivity contribution in [2.45, 2.75) is 13.5 Å². The van der Waals surface area contributed by atoms with Crippen molar-refractivity contribution in [1.29, 1.82) is 0 Å². The Morgan fingerprint density at radius 1 is 1.16 bits per heavy atom. The molecule has 130 valence electrons. The molecule has 0 spiro atoms. The fraction of sp³-hybridized carbons (Fsp3) is 0.188. The minimum absolute atomic E-state index is 0.504. The molecule has 9 heteroatoms. The third kappa shape index (κ3) is 4.77. The van der Waals surface area contributed by atoms with E-state index in [1.165, 1.54) is 0 Å². The number of aromatic nitrogens is 4. The SMILES string of the molecule is Cc1cc(-n2cccn2)nc(NCc2ccc(NS(C)(=O)=O)cc2)n1. The van der Waals surface area contributed by atoms with Gasteiger partial charge in [-0.3, -0.25) is 4.72 Å². The Bertz CT molecular complexity index is 953. The maximum absolute atomic E-state index is 11.2. The maximum Gasteiger partial charge on any atom is 0.229 e. The number of rotatable bonds is 6. The lowest BCUT2D eigenvalue weighted by atomic mass is 10.2. The van der Waals surface area contributed by atoms with E-state index in [0.29, 0.717) is 24.0 Å². The monoisotopic (exact) mass is 358 g/mol. The van der Waals surface area contributed by atoms with E-state index in [0.717, 1.165) is 17.5 Å². The molecule has 0 unspecified atom stereocenters. The second kappa shape index (κ2) is 6.89. The normalized spacial score (nSPS) is 11.3. The van der Waals surface area contributed by atoms with Gasteiger partial charge in [0.2, 0.25) is 16.0 Å². The molecule has 0 aliphatic heterocycles. The van der Waals surface area contributed by atoms with Crippen LogP contribution in [0.4, 0.5) is 11.6 Å². The number of nitrogens with zero attached hydrogens (tertiary/aromatic N) is 4. The molecule has 0 saturated heterocycles. The summed E-state index contributed by atoms with van der Waals surface area (Å²) in [6.45, 7) is 2.41. The first-order valence-electron chi connectivity index (χ1n) is 7.55. The molecule has 25 heavy (non-hydrogen) atoms. The van der Waals surface area contributed by atoms with Crippen molar-refractivity contribution in [3.05, 3.63) is 60.0 Å². The van der Waals surface area contributed by atoms with Crippen molar-refractivity contribution >= 4 is 21.7 Å². The highest BCUT2D eigenvalue weighted by Gasteiger charge is 2.05. The third-order valence-corrected chi connectivity index (χ3v) is 3.89. The van der Waals surface area contributed by atoms with Gasteiger partial charge in [0.05, 0.1) is 6.26 Å². The molecule has 1 aromatic carbocycles. The molecule has 0 amide bonds. The van der Waals surface area contributed by atoms with Gasteiger partial charge in [-0.2, -0.15) is 10.1 Å². The van der Waals surface area contributed by atoms with Gasteiger partial charge in [0.25, 0.3) is 0 Å². The molecule has 2 N–H and O–H groups in total. The molecular weight excluding hydrogens is 340 g/mol. The first kappa shape index (κ1) is 16.9. The average Bonchev–Trinajstić information content (AvgIpc) is 3.07. The minimum Gasteiger partial charge on any atom is -0.350 e. The number of nitrogens with one attached hydrogen (secondary N) is 2. The Morgan fingerprint density at radius 3 is 2.56 bits per heavy atom. The molecule has 0 aliphatic rings. The van der Waals surface area contributed by atoms with Gasteiger partial charge in [0.1, 0.15) is 0 Å². The highest BCUT2D eigenvalue weighted by molar-refractivity contribution is 7.92. The molecule has 0 radical (unpaired) electrons. The van der Waals surface area contributed by atoms with Crippen LogP contribution in [0.25, 0.3) is 5.82 Å². The van der Waals surface area contributed by atoms with Gasteiger partial charge in [-0.05, 0) is 30.7 Å². The minimum atomic E-state index is -3.27. The zero-order chi connectivity index (χ0) is 17.9. The molecule has 0 bridgehead atoms. The summed E-state index contributed by atoms with van der Waals surface area (Å²) in [6.07, 6.45) is 4.63. The van der Waals surface area contributed by atoms with Crippen LogP contribution >= 0.6 is 0 Å². The fourth-order valence-corrected chi connectivity index (χ4v) is 2.80. The Labute approximate surface area is 146 Å². The van der Waals surface area contributed by atoms with Crippen molar-refractivity contribution in [2.75, 3.05) is 16.3 Å². The Morgan fingerprint density at radius 2 is 1.92 bits per heavy atom. The Kier molecular flexibility index (Phi) is 4.66. The summed E-state index contributed by atoms with van der Waals surface area (Å²) in [4.78, 5) is 8.81. The first-order valence-corrected chi connectivity index (χ1v) is 9.44. The number of aryl methyl sites for hydroxylation is 1. The van der Waals surface area contributed by atoms with Crippen molar-refractivity contribution < 1.29 is 8.42 Å². The highest BCUT2D eigenvalue weighted by Crippen LogP contribution is 2.13. The zero-order valence-electron chi connectivity index (χ0n) is 13.8. The van der Waals surface area contributed by atoms with Gasteiger partial charge >= 0.3 is 0 Å². The molecule has 8 nitrogen and oxygen atoms in total. The van der Waals surface area contributed by atoms with Crippen LogP contribution in [-0.2, 0) is 16.6 Å². The topological polar surface area (TPSA) is 102 Å². The van der Waals surface area contributed by atoms with E-state index in [9.17, 15) is 8.42 Å². The molecule has 0 saturated carbocycles. The summed E-state index contributed by atoms with van der Waals surface area (Å²) >= 11 is 0. The second-order valence-corrected chi connectivity index (χ2v) is 7.31. The molecule has 0 atom stereocenters. The van der Waals surface area contributed by atoms with Crippen LogP contribution in [0.2, 0.25) is 0 Å². The molecular formula is C16H18N6O2S. The van der Waals surface area contributed by atoms with Crippen LogP contribution in [0.3, 0.4) is 0 Å². The lowest BCUT2D eigenvalue weighted by Gasteiger charge is -2.09. The molecule has 0 fully saturated rings. The van der Waals surface area contributed by atoms with Gasteiger partial charge in [-0.1, -0.05) is 12.1 Å². The Hall–Kier alpha value is -2.94. The van der Waals surface area contributed by atoms with Gasteiger partial charge in [0.15, 0.2) is 5.82 Å². The van der Waals surface area contributed by atoms with Crippen LogP contribution < -0.4 is 10.0 Å². The Balaban J connectivity index is 1.69. The third-order valence-electron chi connectivity index (χ3n) is 3.29. The van der Waals surface area contributed by atoms with Crippen LogP contribution in [0, 0.1) is 6.92 Å². The van der Waals surface area contributed by atoms with E-state index in [1.807, 2.05) is 37.4 Å². The molecule has 2 aromatic heterocycles. The molecule has 3 rings (SSSR count). The highest BCUT2D eigenvalue weighted by atomic mass is 32.2. The van der Waals surface area contributed by atoms with Gasteiger partial charge < -0.3 is 5.32 Å². The lowest BCUT2D eigenvalue weighted by molar-refractivity contribution is 0.607. The molecule has 0 aliphatic carbocycles. The van der Waals surface area contributed by atoms with Gasteiger partial charge in [-0.15, -0.1) is 0 Å². The van der Waals surface area contributed by atoms with Crippen LogP contribution in [0.1, 0.15) is 11.3 Å². The van der Waals surface area contributed by atoms with E-state index in [-0.39, 0.29) is 0 Å². The van der Waals surface area contributed by atoms with E-state index < -0.39 is 10.0 Å². The predicted octanol–water partition coefficient (Wildman–Crippen LogP) is 1.95. The summed E-state index contributed by atoms with van der Waals surface area (Å²) in [5, 5.41) is 7.34. The number of benzene rings is 1. The first-order chi connectivity index (χ1) is 11.9. The number of anilines is 2. The van der Waals surface area contributed by atoms with E-state index in [4.69, 9.17) is 0 Å². The van der Waals surface area contributed by atoms with E-state index >= 15 is 0 Å². The predicted molar refractivity (Wildman–Crippen MR) is 96.1 cm³/mol. The summed E-state index contributed by atoms with van der Waals surface area (Å²) < 4.78 is 26.5. The zero-order valence-corrected chi connectivity index (χ0v) is 14.7. The quantitative estimate of drug-likeness (QED) is 0.698. The van der Waals surface area contributed by atoms with E-state index in [2.05, 4.69) is 25.1 Å². The average molecular weight is 358 g/mol. The number of sulfonamides is 1. The summed E-state index contributed by atoms with van der Waals surface area (Å²) in [5.74, 6) is 1.19. The lowest BCUT2D eigenvalue weighted by Crippen LogP contribution is -2.10. The van der Waals surface area contributed by atoms with E-state index in [1.54, 1.807) is 23.0 Å². The summed E-state index contributed by atoms with van der Waals surface area (Å²) in [5.41, 5.74) is 2.33. The summed E-state index contributed by atoms with van der Waals surface area (Å²) in [6, 6.07) is 10.8. The maximum atomic E-state index is 11.2. The number of hydrogen-bond acceptors (Lipinski definition) is 6. The van der Waals surface area contributed by atoms with Crippen LogP contribution in [0.5, 0.6) is 0 Å². The van der Waals surface area contributed by atoms with Gasteiger partial charge in [-0.25, -0.2) is 18.1 Å². The van der Waals surface area contributed by atoms with Crippen LogP contribution in [0.15, 0.2) is 48.8 Å². The van der Waals surface area contributed by atoms with Crippen molar-refractivity contribution in [2.24, 2.45) is 0 Å². The van der Waals surface area contributed by atoms with Crippen LogP contribution in [-0.4, -0.2) is 34.4 Å². The fourth-order valence-electron chi connectivity index (χ4n) is 2.24. The molecule has 3 aromatic rings. The van der Waals surface area contributed by atoms with Crippen molar-refractivity contribution in [3.8, 4) is 5.82 Å². The second-order valence-electron chi connectivity index (χ2n) is 5.57. The largest absolute Gasteiger partial charge is 0.350 e. The standard InChI is InChI=1S/C16H18N6O2S/c1-12-10-15(22-9-3-8-18-22)20-16(19-12)17-11-13-4-6-14(7-5-13)21-25(2,23)24/h3-10,21H,11H2,1-2H3,(H,17,19,20).